The van der Waals surface area contributed by atoms with Gasteiger partial charge in [-0.3, -0.25) is 14.4 Å². The maximum absolute atomic E-state index is 12.2. The normalized spacial score (nSPS) is 19.1. The maximum Gasteiger partial charge on any atom is 0.228 e. The van der Waals surface area contributed by atoms with E-state index in [2.05, 4.69) is 16.0 Å². The summed E-state index contributed by atoms with van der Waals surface area (Å²) in [5.74, 6) is -0.488. The fourth-order valence-electron chi connectivity index (χ4n) is 2.32. The van der Waals surface area contributed by atoms with Crippen molar-refractivity contribution in [2.45, 2.75) is 27.2 Å². The van der Waals surface area contributed by atoms with E-state index in [4.69, 9.17) is 0 Å². The van der Waals surface area contributed by atoms with Gasteiger partial charge in [-0.05, 0) is 30.5 Å². The Morgan fingerprint density at radius 3 is 2.30 bits per heavy atom. The Labute approximate surface area is 136 Å². The molecule has 6 heteroatoms. The summed E-state index contributed by atoms with van der Waals surface area (Å²) >= 11 is 0. The number of hydrogen-bond donors (Lipinski definition) is 3. The fraction of sp³-hybridized carbons (Fsp3) is 0.471. The number of benzene rings is 1. The largest absolute Gasteiger partial charge is 0.356 e. The van der Waals surface area contributed by atoms with Crippen LogP contribution in [0.3, 0.4) is 0 Å². The van der Waals surface area contributed by atoms with Crippen LogP contribution in [0.2, 0.25) is 0 Å². The molecule has 6 nitrogen and oxygen atoms in total. The topological polar surface area (TPSA) is 87.3 Å². The van der Waals surface area contributed by atoms with E-state index in [1.807, 2.05) is 13.8 Å². The Balaban J connectivity index is 1.86. The summed E-state index contributed by atoms with van der Waals surface area (Å²) < 4.78 is 0. The van der Waals surface area contributed by atoms with Crippen molar-refractivity contribution in [1.82, 2.24) is 5.32 Å². The Morgan fingerprint density at radius 2 is 1.70 bits per heavy atom. The van der Waals surface area contributed by atoms with Gasteiger partial charge in [-0.25, -0.2) is 0 Å². The van der Waals surface area contributed by atoms with Crippen molar-refractivity contribution in [3.63, 3.8) is 0 Å². The minimum absolute atomic E-state index is 0.0501. The highest BCUT2D eigenvalue weighted by atomic mass is 16.2. The van der Waals surface area contributed by atoms with Crippen molar-refractivity contribution in [2.24, 2.45) is 17.8 Å². The predicted octanol–water partition coefficient (Wildman–Crippen LogP) is 1.99. The lowest BCUT2D eigenvalue weighted by Gasteiger charge is -2.09. The molecule has 1 aromatic rings. The minimum atomic E-state index is -0.272. The lowest BCUT2D eigenvalue weighted by Crippen LogP contribution is -2.30. The summed E-state index contributed by atoms with van der Waals surface area (Å²) in [6.07, 6.45) is 0.584. The first-order valence-corrected chi connectivity index (χ1v) is 7.83. The number of anilines is 2. The van der Waals surface area contributed by atoms with Crippen LogP contribution >= 0.6 is 0 Å². The second kappa shape index (κ2) is 7.26. The third kappa shape index (κ3) is 5.09. The molecule has 124 valence electrons. The molecular weight excluding hydrogens is 294 g/mol. The van der Waals surface area contributed by atoms with E-state index in [9.17, 15) is 14.4 Å². The van der Waals surface area contributed by atoms with Crippen molar-refractivity contribution < 1.29 is 14.4 Å². The molecule has 0 aromatic heterocycles. The number of hydrogen-bond acceptors (Lipinski definition) is 3. The van der Waals surface area contributed by atoms with Crippen LogP contribution in [-0.2, 0) is 14.4 Å². The molecule has 2 atom stereocenters. The first-order chi connectivity index (χ1) is 10.9. The van der Waals surface area contributed by atoms with Gasteiger partial charge in [0.25, 0.3) is 0 Å². The molecule has 1 aromatic carbocycles. The summed E-state index contributed by atoms with van der Waals surface area (Å²) in [5, 5.41) is 8.32. The van der Waals surface area contributed by atoms with E-state index in [-0.39, 0.29) is 29.6 Å². The molecule has 23 heavy (non-hydrogen) atoms. The van der Waals surface area contributed by atoms with Crippen LogP contribution in [0.15, 0.2) is 24.3 Å². The number of rotatable bonds is 6. The highest BCUT2D eigenvalue weighted by Crippen LogP contribution is 2.39. The SMILES string of the molecule is CC(=O)Nc1cccc(NC(=O)C2CC2C(=O)NCC(C)C)c1. The van der Waals surface area contributed by atoms with Crippen molar-refractivity contribution in [3.8, 4) is 0 Å². The summed E-state index contributed by atoms with van der Waals surface area (Å²) in [7, 11) is 0. The molecule has 0 heterocycles. The summed E-state index contributed by atoms with van der Waals surface area (Å²) in [4.78, 5) is 35.1. The standard InChI is InChI=1S/C17H23N3O3/c1-10(2)9-18-16(22)14-8-15(14)17(23)20-13-6-4-5-12(7-13)19-11(3)21/h4-7,10,14-15H,8-9H2,1-3H3,(H,18,22)(H,19,21)(H,20,23). The van der Waals surface area contributed by atoms with E-state index < -0.39 is 0 Å². The highest BCUT2D eigenvalue weighted by molar-refractivity contribution is 6.00. The molecule has 3 amide bonds. The van der Waals surface area contributed by atoms with Crippen LogP contribution in [0.5, 0.6) is 0 Å². The lowest BCUT2D eigenvalue weighted by atomic mass is 10.2. The van der Waals surface area contributed by atoms with E-state index in [0.717, 1.165) is 0 Å². The fourth-order valence-corrected chi connectivity index (χ4v) is 2.32. The number of carbonyl (C=O) groups excluding carboxylic acids is 3. The molecule has 1 aliphatic rings. The van der Waals surface area contributed by atoms with Crippen LogP contribution in [0.25, 0.3) is 0 Å². The second-order valence-corrected chi connectivity index (χ2v) is 6.34. The number of amides is 3. The van der Waals surface area contributed by atoms with Gasteiger partial charge in [-0.2, -0.15) is 0 Å². The monoisotopic (exact) mass is 317 g/mol. The smallest absolute Gasteiger partial charge is 0.228 e. The van der Waals surface area contributed by atoms with Crippen LogP contribution in [0.1, 0.15) is 27.2 Å². The van der Waals surface area contributed by atoms with Gasteiger partial charge in [0.05, 0.1) is 11.8 Å². The zero-order valence-corrected chi connectivity index (χ0v) is 13.7. The van der Waals surface area contributed by atoms with Crippen molar-refractivity contribution in [2.75, 3.05) is 17.2 Å². The van der Waals surface area contributed by atoms with Gasteiger partial charge in [0.1, 0.15) is 0 Å². The van der Waals surface area contributed by atoms with E-state index in [1.54, 1.807) is 24.3 Å². The third-order valence-electron chi connectivity index (χ3n) is 3.60. The van der Waals surface area contributed by atoms with Gasteiger partial charge in [-0.1, -0.05) is 19.9 Å². The van der Waals surface area contributed by atoms with Gasteiger partial charge in [0, 0.05) is 24.8 Å². The molecule has 0 bridgehead atoms. The van der Waals surface area contributed by atoms with Crippen LogP contribution < -0.4 is 16.0 Å². The van der Waals surface area contributed by atoms with E-state index in [0.29, 0.717) is 30.3 Å². The van der Waals surface area contributed by atoms with Gasteiger partial charge in [0.2, 0.25) is 17.7 Å². The average molecular weight is 317 g/mol. The number of carbonyl (C=O) groups is 3. The van der Waals surface area contributed by atoms with Crippen LogP contribution in [-0.4, -0.2) is 24.3 Å². The van der Waals surface area contributed by atoms with Crippen LogP contribution in [0, 0.1) is 17.8 Å². The predicted molar refractivity (Wildman–Crippen MR) is 88.8 cm³/mol. The molecule has 1 fully saturated rings. The summed E-state index contributed by atoms with van der Waals surface area (Å²) in [6.45, 7) is 6.11. The Morgan fingerprint density at radius 1 is 1.09 bits per heavy atom. The van der Waals surface area contributed by atoms with E-state index >= 15 is 0 Å². The van der Waals surface area contributed by atoms with Crippen molar-refractivity contribution in [1.29, 1.82) is 0 Å². The zero-order valence-electron chi connectivity index (χ0n) is 13.7. The molecule has 2 rings (SSSR count). The number of nitrogens with one attached hydrogen (secondary N) is 3. The lowest BCUT2D eigenvalue weighted by molar-refractivity contribution is -0.125. The summed E-state index contributed by atoms with van der Waals surface area (Å²) in [5.41, 5.74) is 1.23. The molecular formula is C17H23N3O3. The quantitative estimate of drug-likeness (QED) is 0.750. The first-order valence-electron chi connectivity index (χ1n) is 7.83. The molecule has 1 aliphatic carbocycles. The van der Waals surface area contributed by atoms with Crippen LogP contribution in [0.4, 0.5) is 11.4 Å². The molecule has 0 spiro atoms. The molecule has 0 saturated heterocycles. The van der Waals surface area contributed by atoms with Gasteiger partial charge in [0.15, 0.2) is 0 Å². The zero-order chi connectivity index (χ0) is 17.0. The molecule has 3 N–H and O–H groups in total. The molecule has 0 aliphatic heterocycles. The Bertz CT molecular complexity index is 613. The molecule has 1 saturated carbocycles. The third-order valence-corrected chi connectivity index (χ3v) is 3.60. The van der Waals surface area contributed by atoms with Crippen molar-refractivity contribution >= 4 is 29.1 Å². The average Bonchev–Trinajstić information content (AvgIpc) is 3.25. The maximum atomic E-state index is 12.2. The molecule has 2 unspecified atom stereocenters. The molecule has 0 radical (unpaired) electrons. The van der Waals surface area contributed by atoms with Gasteiger partial charge in [-0.15, -0.1) is 0 Å². The summed E-state index contributed by atoms with van der Waals surface area (Å²) in [6, 6.07) is 6.94. The minimum Gasteiger partial charge on any atom is -0.356 e. The Hall–Kier alpha value is -2.37. The second-order valence-electron chi connectivity index (χ2n) is 6.34. The highest BCUT2D eigenvalue weighted by Gasteiger charge is 2.47. The Kier molecular flexibility index (Phi) is 5.36. The van der Waals surface area contributed by atoms with Gasteiger partial charge < -0.3 is 16.0 Å². The van der Waals surface area contributed by atoms with E-state index in [1.165, 1.54) is 6.92 Å². The van der Waals surface area contributed by atoms with Gasteiger partial charge >= 0.3 is 0 Å². The van der Waals surface area contributed by atoms with Crippen molar-refractivity contribution in [3.05, 3.63) is 24.3 Å². The first kappa shape index (κ1) is 17.0.